The molecule has 0 aliphatic carbocycles. The summed E-state index contributed by atoms with van der Waals surface area (Å²) in [5, 5.41) is 9.24. The molecule has 0 radical (unpaired) electrons. The van der Waals surface area contributed by atoms with E-state index in [0.717, 1.165) is 5.56 Å². The van der Waals surface area contributed by atoms with E-state index in [1.807, 2.05) is 67.1 Å². The monoisotopic (exact) mass is 286 g/mol. The lowest BCUT2D eigenvalue weighted by atomic mass is 10.2. The third-order valence-electron chi connectivity index (χ3n) is 3.43. The van der Waals surface area contributed by atoms with Gasteiger partial charge in [0.1, 0.15) is 5.69 Å². The van der Waals surface area contributed by atoms with Crippen LogP contribution in [0.15, 0.2) is 48.7 Å². The normalized spacial score (nSPS) is 10.9. The number of benzene rings is 1. The van der Waals surface area contributed by atoms with Crippen molar-refractivity contribution in [3.63, 3.8) is 0 Å². The molecule has 0 atom stereocenters. The van der Waals surface area contributed by atoms with Crippen LogP contribution in [-0.2, 0) is 6.54 Å². The summed E-state index contributed by atoms with van der Waals surface area (Å²) in [6.07, 6.45) is 1.91. The van der Waals surface area contributed by atoms with Crippen molar-refractivity contribution in [3.8, 4) is 0 Å². The Morgan fingerprint density at radius 3 is 2.52 bits per heavy atom. The zero-order valence-electron chi connectivity index (χ0n) is 12.6. The first-order valence-electron chi connectivity index (χ1n) is 7.24. The summed E-state index contributed by atoms with van der Waals surface area (Å²) in [5.41, 5.74) is 1.72. The average Bonchev–Trinajstić information content (AvgIpc) is 2.97. The lowest BCUT2D eigenvalue weighted by Gasteiger charge is -2.23. The van der Waals surface area contributed by atoms with Gasteiger partial charge in [0.2, 0.25) is 0 Å². The lowest BCUT2D eigenvalue weighted by molar-refractivity contribution is 0.0695. The van der Waals surface area contributed by atoms with Crippen LogP contribution in [0.3, 0.4) is 0 Å². The molecule has 0 saturated carbocycles. The lowest BCUT2D eigenvalue weighted by Crippen LogP contribution is -2.34. The molecule has 0 fully saturated rings. The van der Waals surface area contributed by atoms with Crippen LogP contribution in [0.1, 0.15) is 35.9 Å². The molecule has 1 heterocycles. The zero-order valence-corrected chi connectivity index (χ0v) is 12.6. The van der Waals surface area contributed by atoms with E-state index in [1.165, 1.54) is 0 Å². The van der Waals surface area contributed by atoms with Gasteiger partial charge in [0.15, 0.2) is 0 Å². The van der Waals surface area contributed by atoms with Crippen molar-refractivity contribution in [2.24, 2.45) is 0 Å². The molecule has 4 nitrogen and oxygen atoms in total. The highest BCUT2D eigenvalue weighted by Gasteiger charge is 2.19. The van der Waals surface area contributed by atoms with Crippen molar-refractivity contribution >= 4 is 5.91 Å². The highest BCUT2D eigenvalue weighted by Crippen LogP contribution is 2.15. The number of aromatic nitrogens is 1. The van der Waals surface area contributed by atoms with E-state index in [4.69, 9.17) is 0 Å². The molecule has 0 spiro atoms. The van der Waals surface area contributed by atoms with Crippen molar-refractivity contribution in [3.05, 3.63) is 59.9 Å². The number of carbonyl (C=O) groups is 1. The Morgan fingerprint density at radius 1 is 1.19 bits per heavy atom. The molecule has 0 unspecified atom stereocenters. The molecule has 0 aliphatic rings. The Labute approximate surface area is 125 Å². The van der Waals surface area contributed by atoms with E-state index in [1.54, 1.807) is 4.90 Å². The van der Waals surface area contributed by atoms with Gasteiger partial charge in [-0.15, -0.1) is 0 Å². The molecule has 2 aromatic rings. The predicted molar refractivity (Wildman–Crippen MR) is 83.1 cm³/mol. The van der Waals surface area contributed by atoms with E-state index in [9.17, 15) is 9.90 Å². The maximum Gasteiger partial charge on any atom is 0.270 e. The fraction of sp³-hybridized carbons (Fsp3) is 0.353. The van der Waals surface area contributed by atoms with Crippen LogP contribution in [0.2, 0.25) is 0 Å². The quantitative estimate of drug-likeness (QED) is 0.887. The summed E-state index contributed by atoms with van der Waals surface area (Å²) in [6.45, 7) is 4.89. The Balaban J connectivity index is 2.21. The van der Waals surface area contributed by atoms with Gasteiger partial charge in [-0.3, -0.25) is 4.79 Å². The molecule has 112 valence electrons. The topological polar surface area (TPSA) is 45.5 Å². The van der Waals surface area contributed by atoms with E-state index in [2.05, 4.69) is 0 Å². The first kappa shape index (κ1) is 15.3. The smallest absolute Gasteiger partial charge is 0.270 e. The standard InChI is InChI=1S/C17H22N2O2/c1-14(2)19-10-6-9-16(19)17(21)18(11-12-20)13-15-7-4-3-5-8-15/h3-10,14,20H,11-13H2,1-2H3. The first-order valence-corrected chi connectivity index (χ1v) is 7.24. The second-order valence-corrected chi connectivity index (χ2v) is 5.33. The van der Waals surface area contributed by atoms with Gasteiger partial charge in [0.05, 0.1) is 6.61 Å². The highest BCUT2D eigenvalue weighted by molar-refractivity contribution is 5.92. The van der Waals surface area contributed by atoms with Crippen molar-refractivity contribution in [2.75, 3.05) is 13.2 Å². The summed E-state index contributed by atoms with van der Waals surface area (Å²) in [7, 11) is 0. The van der Waals surface area contributed by atoms with Gasteiger partial charge in [0.25, 0.3) is 5.91 Å². The molecule has 1 N–H and O–H groups in total. The SMILES string of the molecule is CC(C)n1cccc1C(=O)N(CCO)Cc1ccccc1. The molecule has 1 aromatic carbocycles. The number of rotatable bonds is 6. The van der Waals surface area contributed by atoms with E-state index < -0.39 is 0 Å². The fourth-order valence-electron chi connectivity index (χ4n) is 2.36. The van der Waals surface area contributed by atoms with Crippen LogP contribution in [-0.4, -0.2) is 33.6 Å². The van der Waals surface area contributed by atoms with Crippen molar-refractivity contribution in [1.82, 2.24) is 9.47 Å². The maximum absolute atomic E-state index is 12.7. The average molecular weight is 286 g/mol. The number of aliphatic hydroxyl groups is 1. The molecule has 21 heavy (non-hydrogen) atoms. The van der Waals surface area contributed by atoms with Gasteiger partial charge in [-0.1, -0.05) is 30.3 Å². The zero-order chi connectivity index (χ0) is 15.2. The van der Waals surface area contributed by atoms with E-state index >= 15 is 0 Å². The van der Waals surface area contributed by atoms with Crippen LogP contribution in [0.5, 0.6) is 0 Å². The predicted octanol–water partition coefficient (Wildman–Crippen LogP) is 2.70. The highest BCUT2D eigenvalue weighted by atomic mass is 16.3. The largest absolute Gasteiger partial charge is 0.395 e. The van der Waals surface area contributed by atoms with Gasteiger partial charge >= 0.3 is 0 Å². The third-order valence-corrected chi connectivity index (χ3v) is 3.43. The summed E-state index contributed by atoms with van der Waals surface area (Å²) in [6, 6.07) is 13.8. The first-order chi connectivity index (χ1) is 10.1. The number of aliphatic hydroxyl groups excluding tert-OH is 1. The Morgan fingerprint density at radius 2 is 1.90 bits per heavy atom. The summed E-state index contributed by atoms with van der Waals surface area (Å²) in [5.74, 6) is -0.0494. The van der Waals surface area contributed by atoms with Crippen LogP contribution in [0, 0.1) is 0 Å². The minimum absolute atomic E-state index is 0.0407. The van der Waals surface area contributed by atoms with Crippen molar-refractivity contribution in [1.29, 1.82) is 0 Å². The molecule has 1 amide bonds. The van der Waals surface area contributed by atoms with Gasteiger partial charge < -0.3 is 14.6 Å². The number of carbonyl (C=O) groups excluding carboxylic acids is 1. The summed E-state index contributed by atoms with van der Waals surface area (Å²) < 4.78 is 1.96. The van der Waals surface area contributed by atoms with Gasteiger partial charge in [-0.25, -0.2) is 0 Å². The molecule has 0 aliphatic heterocycles. The second kappa shape index (κ2) is 7.09. The molecule has 0 saturated heterocycles. The van der Waals surface area contributed by atoms with Crippen molar-refractivity contribution < 1.29 is 9.90 Å². The van der Waals surface area contributed by atoms with E-state index in [0.29, 0.717) is 18.8 Å². The summed E-state index contributed by atoms with van der Waals surface area (Å²) >= 11 is 0. The molecule has 1 aromatic heterocycles. The van der Waals surface area contributed by atoms with Gasteiger partial charge in [-0.2, -0.15) is 0 Å². The molecular weight excluding hydrogens is 264 g/mol. The van der Waals surface area contributed by atoms with Crippen LogP contribution in [0.4, 0.5) is 0 Å². The van der Waals surface area contributed by atoms with E-state index in [-0.39, 0.29) is 18.6 Å². The third kappa shape index (κ3) is 3.73. The van der Waals surface area contributed by atoms with Gasteiger partial charge in [-0.05, 0) is 31.5 Å². The molecule has 4 heteroatoms. The summed E-state index contributed by atoms with van der Waals surface area (Å²) in [4.78, 5) is 14.4. The number of nitrogens with zero attached hydrogens (tertiary/aromatic N) is 2. The maximum atomic E-state index is 12.7. The Bertz CT molecular complexity index is 575. The second-order valence-electron chi connectivity index (χ2n) is 5.33. The molecule has 0 bridgehead atoms. The Kier molecular flexibility index (Phi) is 5.17. The van der Waals surface area contributed by atoms with Crippen LogP contribution >= 0.6 is 0 Å². The number of amides is 1. The molecule has 2 rings (SSSR count). The fourth-order valence-corrected chi connectivity index (χ4v) is 2.36. The van der Waals surface area contributed by atoms with Crippen LogP contribution < -0.4 is 0 Å². The number of hydrogen-bond acceptors (Lipinski definition) is 2. The minimum atomic E-state index is -0.0494. The molecular formula is C17H22N2O2. The van der Waals surface area contributed by atoms with Crippen molar-refractivity contribution in [2.45, 2.75) is 26.4 Å². The van der Waals surface area contributed by atoms with Crippen LogP contribution in [0.25, 0.3) is 0 Å². The van der Waals surface area contributed by atoms with Gasteiger partial charge in [0, 0.05) is 25.3 Å². The Hall–Kier alpha value is -2.07. The number of hydrogen-bond donors (Lipinski definition) is 1. The minimum Gasteiger partial charge on any atom is -0.395 e.